The Labute approximate surface area is 112 Å². The molecule has 1 aromatic carbocycles. The number of hydrogen-bond donors (Lipinski definition) is 3. The molecule has 5 heteroatoms. The molecule has 2 atom stereocenters. The van der Waals surface area contributed by atoms with Gasteiger partial charge in [0.15, 0.2) is 0 Å². The number of nitrogens with one attached hydrogen (secondary N) is 3. The van der Waals surface area contributed by atoms with Crippen LogP contribution in [0.25, 0.3) is 11.0 Å². The summed E-state index contributed by atoms with van der Waals surface area (Å²) in [5, 5.41) is 6.89. The molecule has 19 heavy (non-hydrogen) atoms. The third-order valence-corrected chi connectivity index (χ3v) is 3.71. The van der Waals surface area contributed by atoms with E-state index in [1.165, 1.54) is 5.56 Å². The van der Waals surface area contributed by atoms with Gasteiger partial charge in [-0.15, -0.1) is 0 Å². The third-order valence-electron chi connectivity index (χ3n) is 3.71. The number of ether oxygens (including phenoxy) is 1. The first-order valence-corrected chi connectivity index (χ1v) is 6.78. The highest BCUT2D eigenvalue weighted by molar-refractivity contribution is 5.75. The first kappa shape index (κ1) is 12.6. The van der Waals surface area contributed by atoms with Crippen LogP contribution in [-0.2, 0) is 4.74 Å². The molecule has 1 aromatic heterocycles. The second kappa shape index (κ2) is 5.69. The molecule has 0 aliphatic carbocycles. The topological polar surface area (TPSA) is 62.0 Å². The van der Waals surface area contributed by atoms with E-state index >= 15 is 0 Å². The lowest BCUT2D eigenvalue weighted by Gasteiger charge is -2.28. The summed E-state index contributed by atoms with van der Waals surface area (Å²) in [5.74, 6) is 0. The molecule has 2 aromatic rings. The second-order valence-electron chi connectivity index (χ2n) is 4.98. The molecule has 3 rings (SSSR count). The van der Waals surface area contributed by atoms with Gasteiger partial charge in [0.2, 0.25) is 0 Å². The summed E-state index contributed by atoms with van der Waals surface area (Å²) in [4.78, 5) is 7.42. The van der Waals surface area contributed by atoms with Crippen molar-refractivity contribution in [1.82, 2.24) is 20.6 Å². The van der Waals surface area contributed by atoms with Crippen molar-refractivity contribution in [2.24, 2.45) is 0 Å². The number of rotatable bonds is 4. The summed E-state index contributed by atoms with van der Waals surface area (Å²) >= 11 is 0. The van der Waals surface area contributed by atoms with Crippen molar-refractivity contribution in [3.05, 3.63) is 30.1 Å². The zero-order valence-electron chi connectivity index (χ0n) is 11.1. The van der Waals surface area contributed by atoms with Gasteiger partial charge in [0.05, 0.1) is 30.6 Å². The zero-order valence-corrected chi connectivity index (χ0v) is 11.1. The average molecular weight is 260 g/mol. The fourth-order valence-electron chi connectivity index (χ4n) is 2.65. The highest BCUT2D eigenvalue weighted by Gasteiger charge is 2.19. The van der Waals surface area contributed by atoms with Crippen molar-refractivity contribution < 1.29 is 4.74 Å². The smallest absolute Gasteiger partial charge is 0.0931 e. The summed E-state index contributed by atoms with van der Waals surface area (Å²) in [6, 6.07) is 7.13. The van der Waals surface area contributed by atoms with Gasteiger partial charge >= 0.3 is 0 Å². The quantitative estimate of drug-likeness (QED) is 0.773. The molecule has 3 N–H and O–H groups in total. The Hall–Kier alpha value is -1.43. The molecule has 2 unspecified atom stereocenters. The van der Waals surface area contributed by atoms with Crippen LogP contribution in [0.5, 0.6) is 0 Å². The molecule has 2 heterocycles. The van der Waals surface area contributed by atoms with E-state index in [9.17, 15) is 0 Å². The fourth-order valence-corrected chi connectivity index (χ4v) is 2.65. The summed E-state index contributed by atoms with van der Waals surface area (Å²) in [5.41, 5.74) is 3.38. The van der Waals surface area contributed by atoms with Gasteiger partial charge in [0, 0.05) is 18.6 Å². The maximum Gasteiger partial charge on any atom is 0.0931 e. The maximum absolute atomic E-state index is 5.51. The summed E-state index contributed by atoms with van der Waals surface area (Å²) in [7, 11) is 2.01. The van der Waals surface area contributed by atoms with Crippen molar-refractivity contribution in [3.63, 3.8) is 0 Å². The lowest BCUT2D eigenvalue weighted by molar-refractivity contribution is 0.0709. The minimum atomic E-state index is 0.326. The van der Waals surface area contributed by atoms with Crippen LogP contribution < -0.4 is 10.6 Å². The predicted octanol–water partition coefficient (Wildman–Crippen LogP) is 1.20. The van der Waals surface area contributed by atoms with E-state index in [4.69, 9.17) is 4.74 Å². The SMILES string of the molecule is CNC(CC1COCCN1)c1ccc2nc[nH]c2c1. The molecule has 102 valence electrons. The van der Waals surface area contributed by atoms with E-state index in [-0.39, 0.29) is 0 Å². The maximum atomic E-state index is 5.51. The van der Waals surface area contributed by atoms with Crippen molar-refractivity contribution in [2.75, 3.05) is 26.8 Å². The van der Waals surface area contributed by atoms with Gasteiger partial charge in [0.25, 0.3) is 0 Å². The lowest BCUT2D eigenvalue weighted by Crippen LogP contribution is -2.43. The molecule has 0 saturated carbocycles. The van der Waals surface area contributed by atoms with Crippen molar-refractivity contribution >= 4 is 11.0 Å². The average Bonchev–Trinajstić information content (AvgIpc) is 2.93. The van der Waals surface area contributed by atoms with Crippen LogP contribution in [0.1, 0.15) is 18.0 Å². The molecule has 1 saturated heterocycles. The van der Waals surface area contributed by atoms with Gasteiger partial charge in [-0.05, 0) is 31.2 Å². The van der Waals surface area contributed by atoms with Gasteiger partial charge in [-0.2, -0.15) is 0 Å². The van der Waals surface area contributed by atoms with Crippen molar-refractivity contribution in [2.45, 2.75) is 18.5 Å². The van der Waals surface area contributed by atoms with E-state index in [1.54, 1.807) is 6.33 Å². The number of hydrogen-bond acceptors (Lipinski definition) is 4. The Kier molecular flexibility index (Phi) is 3.77. The largest absolute Gasteiger partial charge is 0.379 e. The number of aromatic nitrogens is 2. The van der Waals surface area contributed by atoms with Crippen LogP contribution in [0.15, 0.2) is 24.5 Å². The Morgan fingerprint density at radius 1 is 1.53 bits per heavy atom. The van der Waals surface area contributed by atoms with Crippen LogP contribution in [0.3, 0.4) is 0 Å². The van der Waals surface area contributed by atoms with Crippen LogP contribution in [0.2, 0.25) is 0 Å². The molecule has 0 radical (unpaired) electrons. The number of aromatic amines is 1. The molecule has 1 fully saturated rings. The van der Waals surface area contributed by atoms with Crippen LogP contribution in [0.4, 0.5) is 0 Å². The fraction of sp³-hybridized carbons (Fsp3) is 0.500. The molecule has 0 spiro atoms. The molecular weight excluding hydrogens is 240 g/mol. The monoisotopic (exact) mass is 260 g/mol. The van der Waals surface area contributed by atoms with Crippen LogP contribution in [-0.4, -0.2) is 42.8 Å². The van der Waals surface area contributed by atoms with Gasteiger partial charge < -0.3 is 20.4 Å². The van der Waals surface area contributed by atoms with Crippen LogP contribution >= 0.6 is 0 Å². The number of fused-ring (bicyclic) bond motifs is 1. The lowest BCUT2D eigenvalue weighted by atomic mass is 9.99. The van der Waals surface area contributed by atoms with E-state index in [0.717, 1.165) is 37.2 Å². The van der Waals surface area contributed by atoms with Gasteiger partial charge in [-0.3, -0.25) is 0 Å². The first-order chi connectivity index (χ1) is 9.36. The molecule has 5 nitrogen and oxygen atoms in total. The van der Waals surface area contributed by atoms with Crippen molar-refractivity contribution in [3.8, 4) is 0 Å². The number of nitrogens with zero attached hydrogens (tertiary/aromatic N) is 1. The standard InChI is InChI=1S/C14H20N4O/c1-15-13(7-11-8-19-5-4-16-11)10-2-3-12-14(6-10)18-9-17-12/h2-3,6,9,11,13,15-16H,4-5,7-8H2,1H3,(H,17,18). The normalized spacial score (nSPS) is 21.6. The zero-order chi connectivity index (χ0) is 13.1. The van der Waals surface area contributed by atoms with Gasteiger partial charge in [0.1, 0.15) is 0 Å². The first-order valence-electron chi connectivity index (χ1n) is 6.78. The van der Waals surface area contributed by atoms with E-state index in [1.807, 2.05) is 7.05 Å². The Balaban J connectivity index is 1.76. The molecule has 0 amide bonds. The number of imidazole rings is 1. The number of H-pyrrole nitrogens is 1. The number of benzene rings is 1. The number of morpholine rings is 1. The summed E-state index contributed by atoms with van der Waals surface area (Å²) in [6.45, 7) is 2.56. The summed E-state index contributed by atoms with van der Waals surface area (Å²) < 4.78 is 5.51. The second-order valence-corrected chi connectivity index (χ2v) is 4.98. The highest BCUT2D eigenvalue weighted by atomic mass is 16.5. The Morgan fingerprint density at radius 2 is 2.47 bits per heavy atom. The van der Waals surface area contributed by atoms with Crippen molar-refractivity contribution in [1.29, 1.82) is 0 Å². The third kappa shape index (κ3) is 2.78. The van der Waals surface area contributed by atoms with E-state index in [2.05, 4.69) is 38.8 Å². The van der Waals surface area contributed by atoms with E-state index in [0.29, 0.717) is 12.1 Å². The highest BCUT2D eigenvalue weighted by Crippen LogP contribution is 2.22. The molecular formula is C14H20N4O. The molecule has 1 aliphatic rings. The van der Waals surface area contributed by atoms with Gasteiger partial charge in [-0.1, -0.05) is 6.07 Å². The summed E-state index contributed by atoms with van der Waals surface area (Å²) in [6.07, 6.45) is 2.76. The molecule has 0 bridgehead atoms. The predicted molar refractivity (Wildman–Crippen MR) is 75.1 cm³/mol. The Morgan fingerprint density at radius 3 is 3.26 bits per heavy atom. The Bertz CT molecular complexity index is 533. The van der Waals surface area contributed by atoms with Crippen LogP contribution in [0, 0.1) is 0 Å². The minimum Gasteiger partial charge on any atom is -0.379 e. The van der Waals surface area contributed by atoms with Gasteiger partial charge in [-0.25, -0.2) is 4.98 Å². The molecule has 1 aliphatic heterocycles. The van der Waals surface area contributed by atoms with E-state index < -0.39 is 0 Å². The minimum absolute atomic E-state index is 0.326.